The van der Waals surface area contributed by atoms with E-state index in [-0.39, 0.29) is 33.7 Å². The Bertz CT molecular complexity index is 974. The van der Waals surface area contributed by atoms with Crippen LogP contribution >= 0.6 is 11.3 Å². The van der Waals surface area contributed by atoms with Crippen LogP contribution in [0.5, 0.6) is 0 Å². The van der Waals surface area contributed by atoms with E-state index in [1.54, 1.807) is 4.90 Å². The summed E-state index contributed by atoms with van der Waals surface area (Å²) in [6, 6.07) is 7.45. The Balaban J connectivity index is 1.30. The summed E-state index contributed by atoms with van der Waals surface area (Å²) in [5.74, 6) is 0.294. The lowest BCUT2D eigenvalue weighted by molar-refractivity contribution is -0.138. The van der Waals surface area contributed by atoms with E-state index in [1.807, 2.05) is 36.1 Å². The quantitative estimate of drug-likeness (QED) is 0.764. The lowest BCUT2D eigenvalue weighted by Crippen LogP contribution is -2.46. The van der Waals surface area contributed by atoms with Crippen molar-refractivity contribution in [2.75, 3.05) is 31.5 Å². The van der Waals surface area contributed by atoms with Crippen LogP contribution in [0.25, 0.3) is 0 Å². The number of rotatable bonds is 4. The Morgan fingerprint density at radius 2 is 1.50 bits per heavy atom. The molecule has 1 aromatic heterocycles. The Kier molecular flexibility index (Phi) is 6.83. The van der Waals surface area contributed by atoms with Gasteiger partial charge in [0.15, 0.2) is 0 Å². The van der Waals surface area contributed by atoms with Gasteiger partial charge in [0.2, 0.25) is 15.9 Å². The Morgan fingerprint density at radius 3 is 2.16 bits per heavy atom. The zero-order valence-electron chi connectivity index (χ0n) is 18.5. The lowest BCUT2D eigenvalue weighted by Gasteiger charge is -2.36. The Hall–Kier alpha value is -2.81. The third-order valence-corrected chi connectivity index (χ3v) is 7.25. The summed E-state index contributed by atoms with van der Waals surface area (Å²) < 4.78 is 0. The van der Waals surface area contributed by atoms with Gasteiger partial charge < -0.3 is 15.1 Å². The van der Waals surface area contributed by atoms with Gasteiger partial charge in [-0.15, -0.1) is 10.2 Å². The minimum atomic E-state index is -0.384. The molecule has 0 radical (unpaired) electrons. The van der Waals surface area contributed by atoms with Crippen LogP contribution in [0.15, 0.2) is 24.3 Å². The molecule has 170 valence electrons. The molecule has 8 nitrogen and oxygen atoms in total. The molecule has 0 saturated carbocycles. The first-order valence-corrected chi connectivity index (χ1v) is 12.0. The van der Waals surface area contributed by atoms with Crippen LogP contribution in [0.4, 0.5) is 5.69 Å². The molecule has 2 aliphatic rings. The van der Waals surface area contributed by atoms with Crippen LogP contribution in [0.1, 0.15) is 57.8 Å². The van der Waals surface area contributed by atoms with Crippen LogP contribution in [0, 0.1) is 18.8 Å². The average Bonchev–Trinajstić information content (AvgIpc) is 3.31. The maximum absolute atomic E-state index is 12.9. The normalized spacial score (nSPS) is 17.9. The Morgan fingerprint density at radius 1 is 0.906 bits per heavy atom. The molecule has 9 heteroatoms. The molecular weight excluding hydrogens is 426 g/mol. The second-order valence-electron chi connectivity index (χ2n) is 8.81. The van der Waals surface area contributed by atoms with E-state index in [1.165, 1.54) is 0 Å². The number of carbonyl (C=O) groups is 3. The molecule has 4 rings (SSSR count). The fourth-order valence-corrected chi connectivity index (χ4v) is 4.88. The summed E-state index contributed by atoms with van der Waals surface area (Å²) in [6.07, 6.45) is 3.46. The van der Waals surface area contributed by atoms with Gasteiger partial charge in [0.25, 0.3) is 11.8 Å². The van der Waals surface area contributed by atoms with Gasteiger partial charge in [-0.3, -0.25) is 14.4 Å². The number of carbonyl (C=O) groups excluding carboxylic acids is 3. The molecule has 32 heavy (non-hydrogen) atoms. The number of piperidine rings is 2. The number of nitrogens with one attached hydrogen (secondary N) is 1. The van der Waals surface area contributed by atoms with Crippen LogP contribution < -0.4 is 5.32 Å². The SMILES string of the molecule is Cc1ccc(NC(=O)c2nnc(C(=O)N3CCC(C(=O)N4CCC(C)CC4)CC3)s2)cc1. The minimum Gasteiger partial charge on any atom is -0.342 e. The van der Waals surface area contributed by atoms with Crippen molar-refractivity contribution in [3.8, 4) is 0 Å². The molecule has 2 aromatic rings. The van der Waals surface area contributed by atoms with E-state index in [0.29, 0.717) is 37.5 Å². The van der Waals surface area contributed by atoms with Crippen molar-refractivity contribution in [3.05, 3.63) is 39.8 Å². The molecule has 0 unspecified atom stereocenters. The number of nitrogens with zero attached hydrogens (tertiary/aromatic N) is 4. The van der Waals surface area contributed by atoms with E-state index < -0.39 is 0 Å². The highest BCUT2D eigenvalue weighted by molar-refractivity contribution is 7.15. The number of aromatic nitrogens is 2. The van der Waals surface area contributed by atoms with E-state index in [2.05, 4.69) is 22.4 Å². The molecule has 2 fully saturated rings. The third-order valence-electron chi connectivity index (χ3n) is 6.34. The molecule has 1 aromatic carbocycles. The molecule has 0 atom stereocenters. The van der Waals surface area contributed by atoms with Gasteiger partial charge in [-0.25, -0.2) is 0 Å². The molecule has 0 aliphatic carbocycles. The van der Waals surface area contributed by atoms with Gasteiger partial charge in [-0.2, -0.15) is 0 Å². The summed E-state index contributed by atoms with van der Waals surface area (Å²) in [6.45, 7) is 6.93. The first-order chi connectivity index (χ1) is 15.4. The van der Waals surface area contributed by atoms with Crippen molar-refractivity contribution in [3.63, 3.8) is 0 Å². The number of hydrogen-bond donors (Lipinski definition) is 1. The number of likely N-dealkylation sites (tertiary alicyclic amines) is 2. The van der Waals surface area contributed by atoms with E-state index >= 15 is 0 Å². The van der Waals surface area contributed by atoms with E-state index in [9.17, 15) is 14.4 Å². The summed E-state index contributed by atoms with van der Waals surface area (Å²) in [4.78, 5) is 41.8. The highest BCUT2D eigenvalue weighted by Gasteiger charge is 2.32. The topological polar surface area (TPSA) is 95.5 Å². The maximum Gasteiger partial charge on any atom is 0.286 e. The van der Waals surface area contributed by atoms with Crippen LogP contribution in [0.3, 0.4) is 0 Å². The third kappa shape index (κ3) is 5.15. The van der Waals surface area contributed by atoms with Crippen LogP contribution in [0.2, 0.25) is 0 Å². The molecule has 3 heterocycles. The fourth-order valence-electron chi connectivity index (χ4n) is 4.17. The molecule has 0 bridgehead atoms. The summed E-state index contributed by atoms with van der Waals surface area (Å²) in [5, 5.41) is 11.0. The first-order valence-electron chi connectivity index (χ1n) is 11.2. The van der Waals surface area contributed by atoms with Gasteiger partial charge in [-0.05, 0) is 50.7 Å². The van der Waals surface area contributed by atoms with Crippen molar-refractivity contribution in [2.24, 2.45) is 11.8 Å². The van der Waals surface area contributed by atoms with Gasteiger partial charge >= 0.3 is 0 Å². The van der Waals surface area contributed by atoms with Gasteiger partial charge in [0.05, 0.1) is 0 Å². The number of aryl methyl sites for hydroxylation is 1. The monoisotopic (exact) mass is 455 g/mol. The lowest BCUT2D eigenvalue weighted by atomic mass is 9.92. The molecule has 3 amide bonds. The second kappa shape index (κ2) is 9.77. The van der Waals surface area contributed by atoms with Crippen molar-refractivity contribution in [1.29, 1.82) is 0 Å². The van der Waals surface area contributed by atoms with Gasteiger partial charge in [0.1, 0.15) is 0 Å². The zero-order chi connectivity index (χ0) is 22.7. The predicted molar refractivity (Wildman–Crippen MR) is 123 cm³/mol. The van der Waals surface area contributed by atoms with Crippen LogP contribution in [-0.4, -0.2) is 63.9 Å². The molecule has 2 aliphatic heterocycles. The molecular formula is C23H29N5O3S. The fraction of sp³-hybridized carbons (Fsp3) is 0.522. The van der Waals surface area contributed by atoms with Crippen LogP contribution in [-0.2, 0) is 4.79 Å². The minimum absolute atomic E-state index is 0.0160. The predicted octanol–water partition coefficient (Wildman–Crippen LogP) is 3.21. The maximum atomic E-state index is 12.9. The number of anilines is 1. The smallest absolute Gasteiger partial charge is 0.286 e. The van der Waals surface area contributed by atoms with Crippen molar-refractivity contribution >= 4 is 34.7 Å². The second-order valence-corrected chi connectivity index (χ2v) is 9.78. The number of amides is 3. The molecule has 1 N–H and O–H groups in total. The van der Waals surface area contributed by atoms with Gasteiger partial charge in [-0.1, -0.05) is 36.0 Å². The van der Waals surface area contributed by atoms with Crippen molar-refractivity contribution in [2.45, 2.75) is 39.5 Å². The summed E-state index contributed by atoms with van der Waals surface area (Å²) >= 11 is 0.994. The standard InChI is InChI=1S/C23H29N5O3S/c1-15-3-5-18(6-4-15)24-19(29)20-25-26-21(32-20)23(31)28-13-9-17(10-14-28)22(30)27-11-7-16(2)8-12-27/h3-6,16-17H,7-14H2,1-2H3,(H,24,29). The first kappa shape index (κ1) is 22.4. The van der Waals surface area contributed by atoms with E-state index in [4.69, 9.17) is 0 Å². The number of benzene rings is 1. The Labute approximate surface area is 192 Å². The largest absolute Gasteiger partial charge is 0.342 e. The summed E-state index contributed by atoms with van der Waals surface area (Å²) in [5.41, 5.74) is 1.77. The van der Waals surface area contributed by atoms with Crippen molar-refractivity contribution < 1.29 is 14.4 Å². The highest BCUT2D eigenvalue weighted by atomic mass is 32.1. The number of hydrogen-bond acceptors (Lipinski definition) is 6. The summed E-state index contributed by atoms with van der Waals surface area (Å²) in [7, 11) is 0. The highest BCUT2D eigenvalue weighted by Crippen LogP contribution is 2.25. The average molecular weight is 456 g/mol. The molecule has 2 saturated heterocycles. The zero-order valence-corrected chi connectivity index (χ0v) is 19.4. The van der Waals surface area contributed by atoms with Crippen molar-refractivity contribution in [1.82, 2.24) is 20.0 Å². The van der Waals surface area contributed by atoms with Gasteiger partial charge in [0, 0.05) is 37.8 Å². The van der Waals surface area contributed by atoms with E-state index in [0.717, 1.165) is 42.8 Å². The molecule has 0 spiro atoms.